The van der Waals surface area contributed by atoms with E-state index in [9.17, 15) is 4.79 Å². The molecule has 5 heteroatoms. The monoisotopic (exact) mass is 222 g/mol. The van der Waals surface area contributed by atoms with Crippen LogP contribution >= 0.6 is 0 Å². The number of aryl methyl sites for hydroxylation is 1. The Hall–Kier alpha value is -1.36. The molecule has 1 aromatic rings. The summed E-state index contributed by atoms with van der Waals surface area (Å²) < 4.78 is 2.00. The van der Waals surface area contributed by atoms with Crippen LogP contribution in [-0.4, -0.2) is 28.5 Å². The zero-order valence-electron chi connectivity index (χ0n) is 9.35. The first-order valence-corrected chi connectivity index (χ1v) is 5.71. The van der Waals surface area contributed by atoms with Crippen LogP contribution in [0.1, 0.15) is 19.3 Å². The van der Waals surface area contributed by atoms with E-state index in [1.807, 2.05) is 10.8 Å². The van der Waals surface area contributed by atoms with E-state index in [0.717, 1.165) is 25.8 Å². The Morgan fingerprint density at radius 3 is 2.94 bits per heavy atom. The van der Waals surface area contributed by atoms with Crippen molar-refractivity contribution in [3.63, 3.8) is 0 Å². The van der Waals surface area contributed by atoms with E-state index in [0.29, 0.717) is 13.1 Å². The van der Waals surface area contributed by atoms with Crippen LogP contribution in [0.3, 0.4) is 0 Å². The highest BCUT2D eigenvalue weighted by Crippen LogP contribution is 2.44. The van der Waals surface area contributed by atoms with Gasteiger partial charge >= 0.3 is 0 Å². The maximum Gasteiger partial charge on any atom is 0.227 e. The fourth-order valence-corrected chi connectivity index (χ4v) is 1.74. The van der Waals surface area contributed by atoms with Gasteiger partial charge in [-0.3, -0.25) is 4.79 Å². The molecule has 0 saturated heterocycles. The van der Waals surface area contributed by atoms with Crippen molar-refractivity contribution in [1.29, 1.82) is 0 Å². The molecule has 0 bridgehead atoms. The third-order valence-electron chi connectivity index (χ3n) is 3.16. The quantitative estimate of drug-likeness (QED) is 0.672. The third kappa shape index (κ3) is 2.41. The van der Waals surface area contributed by atoms with Gasteiger partial charge < -0.3 is 15.6 Å². The molecule has 1 aliphatic rings. The standard InChI is InChI=1S/C11H18N4O/c12-8-11(2-3-11)10(16)14-4-1-6-15-7-5-13-9-15/h5,7,9H,1-4,6,8,12H2,(H,14,16). The zero-order chi connectivity index (χ0) is 11.4. The smallest absolute Gasteiger partial charge is 0.227 e. The normalized spacial score (nSPS) is 17.1. The number of nitrogens with one attached hydrogen (secondary N) is 1. The number of hydrogen-bond acceptors (Lipinski definition) is 3. The molecule has 0 unspecified atom stereocenters. The average Bonchev–Trinajstić information content (AvgIpc) is 2.94. The average molecular weight is 222 g/mol. The molecule has 5 nitrogen and oxygen atoms in total. The number of nitrogens with zero attached hydrogens (tertiary/aromatic N) is 2. The lowest BCUT2D eigenvalue weighted by Gasteiger charge is -2.12. The van der Waals surface area contributed by atoms with Crippen LogP contribution in [0.2, 0.25) is 0 Å². The van der Waals surface area contributed by atoms with Gasteiger partial charge in [-0.1, -0.05) is 0 Å². The maximum atomic E-state index is 11.7. The van der Waals surface area contributed by atoms with Crippen molar-refractivity contribution in [3.8, 4) is 0 Å². The summed E-state index contributed by atoms with van der Waals surface area (Å²) in [5, 5.41) is 2.95. The summed E-state index contributed by atoms with van der Waals surface area (Å²) in [7, 11) is 0. The molecule has 1 heterocycles. The zero-order valence-corrected chi connectivity index (χ0v) is 9.35. The fourth-order valence-electron chi connectivity index (χ4n) is 1.74. The minimum atomic E-state index is -0.227. The molecule has 1 fully saturated rings. The van der Waals surface area contributed by atoms with Crippen LogP contribution in [0.25, 0.3) is 0 Å². The highest BCUT2D eigenvalue weighted by Gasteiger charge is 2.48. The summed E-state index contributed by atoms with van der Waals surface area (Å²) in [5.41, 5.74) is 5.35. The Morgan fingerprint density at radius 1 is 1.56 bits per heavy atom. The van der Waals surface area contributed by atoms with Crippen molar-refractivity contribution < 1.29 is 4.79 Å². The van der Waals surface area contributed by atoms with Gasteiger partial charge in [-0.25, -0.2) is 4.98 Å². The number of hydrogen-bond donors (Lipinski definition) is 2. The van der Waals surface area contributed by atoms with E-state index >= 15 is 0 Å². The van der Waals surface area contributed by atoms with Crippen LogP contribution in [0.5, 0.6) is 0 Å². The molecule has 0 radical (unpaired) electrons. The lowest BCUT2D eigenvalue weighted by Crippen LogP contribution is -2.37. The van der Waals surface area contributed by atoms with E-state index in [1.54, 1.807) is 12.5 Å². The second kappa shape index (κ2) is 4.65. The summed E-state index contributed by atoms with van der Waals surface area (Å²) in [4.78, 5) is 15.7. The molecule has 0 spiro atoms. The third-order valence-corrected chi connectivity index (χ3v) is 3.16. The molecule has 2 rings (SSSR count). The van der Waals surface area contributed by atoms with Crippen LogP contribution in [0, 0.1) is 5.41 Å². The van der Waals surface area contributed by atoms with Crippen molar-refractivity contribution in [2.75, 3.05) is 13.1 Å². The molecular weight excluding hydrogens is 204 g/mol. The molecular formula is C11H18N4O. The molecule has 1 aliphatic carbocycles. The Labute approximate surface area is 95.0 Å². The molecule has 16 heavy (non-hydrogen) atoms. The van der Waals surface area contributed by atoms with Crippen LogP contribution < -0.4 is 11.1 Å². The van der Waals surface area contributed by atoms with Gasteiger partial charge in [0, 0.05) is 32.0 Å². The minimum Gasteiger partial charge on any atom is -0.356 e. The predicted molar refractivity (Wildman–Crippen MR) is 60.6 cm³/mol. The lowest BCUT2D eigenvalue weighted by atomic mass is 10.1. The van der Waals surface area contributed by atoms with Gasteiger partial charge in [0.2, 0.25) is 5.91 Å². The van der Waals surface area contributed by atoms with Crippen molar-refractivity contribution >= 4 is 5.91 Å². The number of nitrogens with two attached hydrogens (primary N) is 1. The lowest BCUT2D eigenvalue weighted by molar-refractivity contribution is -0.125. The van der Waals surface area contributed by atoms with Crippen molar-refractivity contribution in [2.45, 2.75) is 25.8 Å². The summed E-state index contributed by atoms with van der Waals surface area (Å²) >= 11 is 0. The van der Waals surface area contributed by atoms with Gasteiger partial charge in [0.05, 0.1) is 11.7 Å². The number of aromatic nitrogens is 2. The number of rotatable bonds is 6. The molecule has 88 valence electrons. The van der Waals surface area contributed by atoms with Crippen LogP contribution in [0.15, 0.2) is 18.7 Å². The Balaban J connectivity index is 1.63. The van der Waals surface area contributed by atoms with E-state index in [1.165, 1.54) is 0 Å². The SMILES string of the molecule is NCC1(C(=O)NCCCn2ccnc2)CC1. The molecule has 1 saturated carbocycles. The van der Waals surface area contributed by atoms with Crippen LogP contribution in [-0.2, 0) is 11.3 Å². The fraction of sp³-hybridized carbons (Fsp3) is 0.636. The second-order valence-electron chi connectivity index (χ2n) is 4.39. The number of amides is 1. The summed E-state index contributed by atoms with van der Waals surface area (Å²) in [6.45, 7) is 2.06. The van der Waals surface area contributed by atoms with E-state index in [4.69, 9.17) is 5.73 Å². The van der Waals surface area contributed by atoms with Crippen molar-refractivity contribution in [1.82, 2.24) is 14.9 Å². The number of imidazole rings is 1. The van der Waals surface area contributed by atoms with Gasteiger partial charge in [-0.2, -0.15) is 0 Å². The second-order valence-corrected chi connectivity index (χ2v) is 4.39. The highest BCUT2D eigenvalue weighted by molar-refractivity contribution is 5.85. The Kier molecular flexibility index (Phi) is 3.24. The molecule has 1 amide bonds. The van der Waals surface area contributed by atoms with Gasteiger partial charge in [-0.05, 0) is 19.3 Å². The van der Waals surface area contributed by atoms with E-state index < -0.39 is 0 Å². The van der Waals surface area contributed by atoms with Gasteiger partial charge in [-0.15, -0.1) is 0 Å². The first kappa shape index (κ1) is 11.1. The van der Waals surface area contributed by atoms with Crippen LogP contribution in [0.4, 0.5) is 0 Å². The van der Waals surface area contributed by atoms with Crippen molar-refractivity contribution in [2.24, 2.45) is 11.1 Å². The van der Waals surface area contributed by atoms with Gasteiger partial charge in [0.25, 0.3) is 0 Å². The van der Waals surface area contributed by atoms with Gasteiger partial charge in [0.15, 0.2) is 0 Å². The highest BCUT2D eigenvalue weighted by atomic mass is 16.2. The molecule has 3 N–H and O–H groups in total. The van der Waals surface area contributed by atoms with E-state index in [-0.39, 0.29) is 11.3 Å². The summed E-state index contributed by atoms with van der Waals surface area (Å²) in [6, 6.07) is 0. The predicted octanol–water partition coefficient (Wildman–Crippen LogP) is 0.128. The first-order chi connectivity index (χ1) is 7.77. The first-order valence-electron chi connectivity index (χ1n) is 5.71. The largest absolute Gasteiger partial charge is 0.356 e. The van der Waals surface area contributed by atoms with Crippen molar-refractivity contribution in [3.05, 3.63) is 18.7 Å². The topological polar surface area (TPSA) is 72.9 Å². The Bertz CT molecular complexity index is 343. The van der Waals surface area contributed by atoms with Gasteiger partial charge in [0.1, 0.15) is 0 Å². The number of carbonyl (C=O) groups excluding carboxylic acids is 1. The minimum absolute atomic E-state index is 0.126. The molecule has 0 aliphatic heterocycles. The summed E-state index contributed by atoms with van der Waals surface area (Å²) in [6.07, 6.45) is 8.26. The maximum absolute atomic E-state index is 11.7. The van der Waals surface area contributed by atoms with E-state index in [2.05, 4.69) is 10.3 Å². The molecule has 0 atom stereocenters. The molecule has 0 aromatic carbocycles. The molecule has 1 aromatic heterocycles. The summed E-state index contributed by atoms with van der Waals surface area (Å²) in [5.74, 6) is 0.126. The Morgan fingerprint density at radius 2 is 2.38 bits per heavy atom. The number of carbonyl (C=O) groups is 1.